The highest BCUT2D eigenvalue weighted by Gasteiger charge is 2.19. The fourth-order valence-corrected chi connectivity index (χ4v) is 3.49. The van der Waals surface area contributed by atoms with Gasteiger partial charge in [0.05, 0.1) is 15.9 Å². The van der Waals surface area contributed by atoms with Gasteiger partial charge in [0.2, 0.25) is 6.79 Å². The molecule has 1 aromatic heterocycles. The molecule has 7 heteroatoms. The highest BCUT2D eigenvalue weighted by Crippen LogP contribution is 2.35. The van der Waals surface area contributed by atoms with Crippen LogP contribution in [-0.4, -0.2) is 12.7 Å². The van der Waals surface area contributed by atoms with Crippen LogP contribution in [0.5, 0.6) is 11.5 Å². The van der Waals surface area contributed by atoms with E-state index in [2.05, 4.69) is 5.32 Å². The van der Waals surface area contributed by atoms with Crippen molar-refractivity contribution in [1.82, 2.24) is 5.32 Å². The Bertz CT molecular complexity index is 702. The van der Waals surface area contributed by atoms with Crippen molar-refractivity contribution in [3.63, 3.8) is 0 Å². The van der Waals surface area contributed by atoms with E-state index in [1.807, 2.05) is 25.1 Å². The van der Waals surface area contributed by atoms with Gasteiger partial charge in [0.1, 0.15) is 4.34 Å². The van der Waals surface area contributed by atoms with E-state index >= 15 is 0 Å². The van der Waals surface area contributed by atoms with E-state index < -0.39 is 0 Å². The molecular formula is C14H11Cl2NO3S. The molecule has 1 aliphatic rings. The second-order valence-corrected chi connectivity index (χ2v) is 6.83. The number of halogens is 2. The van der Waals surface area contributed by atoms with Crippen LogP contribution in [0.15, 0.2) is 24.3 Å². The van der Waals surface area contributed by atoms with Crippen LogP contribution in [0, 0.1) is 0 Å². The molecule has 1 N–H and O–H groups in total. The number of benzene rings is 1. The largest absolute Gasteiger partial charge is 0.454 e. The summed E-state index contributed by atoms with van der Waals surface area (Å²) in [6, 6.07) is 6.95. The third-order valence-electron chi connectivity index (χ3n) is 3.15. The smallest absolute Gasteiger partial charge is 0.254 e. The Balaban J connectivity index is 1.75. The summed E-state index contributed by atoms with van der Waals surface area (Å²) in [5.41, 5.74) is 1.31. The van der Waals surface area contributed by atoms with Gasteiger partial charge in [-0.1, -0.05) is 29.3 Å². The minimum Gasteiger partial charge on any atom is -0.454 e. The maximum Gasteiger partial charge on any atom is 0.254 e. The zero-order valence-corrected chi connectivity index (χ0v) is 13.3. The van der Waals surface area contributed by atoms with Gasteiger partial charge in [-0.15, -0.1) is 11.3 Å². The molecule has 4 nitrogen and oxygen atoms in total. The van der Waals surface area contributed by atoms with Crippen molar-refractivity contribution in [2.75, 3.05) is 6.79 Å². The molecule has 3 rings (SSSR count). The summed E-state index contributed by atoms with van der Waals surface area (Å²) in [5, 5.41) is 2.89. The van der Waals surface area contributed by atoms with Gasteiger partial charge >= 0.3 is 0 Å². The number of nitrogens with one attached hydrogen (secondary N) is 1. The summed E-state index contributed by atoms with van der Waals surface area (Å²) in [4.78, 5) is 12.2. The van der Waals surface area contributed by atoms with Crippen molar-refractivity contribution in [3.8, 4) is 11.5 Å². The Hall–Kier alpha value is -1.43. The number of carbonyl (C=O) groups is 1. The molecule has 0 bridgehead atoms. The van der Waals surface area contributed by atoms with E-state index in [1.165, 1.54) is 11.3 Å². The first-order valence-electron chi connectivity index (χ1n) is 6.20. The monoisotopic (exact) mass is 343 g/mol. The maximum absolute atomic E-state index is 12.2. The van der Waals surface area contributed by atoms with Crippen molar-refractivity contribution in [1.29, 1.82) is 0 Å². The molecule has 110 valence electrons. The summed E-state index contributed by atoms with van der Waals surface area (Å²) >= 11 is 13.0. The van der Waals surface area contributed by atoms with Gasteiger partial charge in [0.15, 0.2) is 11.5 Å². The second-order valence-electron chi connectivity index (χ2n) is 4.55. The summed E-state index contributed by atoms with van der Waals surface area (Å²) in [5.74, 6) is 1.14. The van der Waals surface area contributed by atoms with Crippen LogP contribution in [0.3, 0.4) is 0 Å². The second kappa shape index (κ2) is 5.75. The minimum atomic E-state index is -0.256. The van der Waals surface area contributed by atoms with Crippen LogP contribution in [0.2, 0.25) is 8.67 Å². The molecule has 0 radical (unpaired) electrons. The van der Waals surface area contributed by atoms with Crippen molar-refractivity contribution >= 4 is 40.4 Å². The van der Waals surface area contributed by atoms with Crippen LogP contribution in [0.1, 0.15) is 28.9 Å². The number of thiophene rings is 1. The summed E-state index contributed by atoms with van der Waals surface area (Å²) in [6.07, 6.45) is 0. The molecule has 1 aliphatic heterocycles. The molecule has 0 saturated heterocycles. The summed E-state index contributed by atoms with van der Waals surface area (Å²) in [7, 11) is 0. The van der Waals surface area contributed by atoms with Gasteiger partial charge in [-0.2, -0.15) is 0 Å². The van der Waals surface area contributed by atoms with E-state index in [9.17, 15) is 4.79 Å². The Morgan fingerprint density at radius 3 is 2.76 bits per heavy atom. The standard InChI is InChI=1S/C14H11Cl2NO3S/c1-7(8-2-3-10-11(4-8)20-6-19-10)17-14(18)9-5-12(15)21-13(9)16/h2-5,7H,6H2,1H3,(H,17,18). The maximum atomic E-state index is 12.2. The third-order valence-corrected chi connectivity index (χ3v) is 4.63. The van der Waals surface area contributed by atoms with E-state index in [4.69, 9.17) is 32.7 Å². The molecule has 1 aromatic carbocycles. The molecule has 2 aromatic rings. The molecule has 1 unspecified atom stereocenters. The number of fused-ring (bicyclic) bond motifs is 1. The number of carbonyl (C=O) groups excluding carboxylic acids is 1. The van der Waals surface area contributed by atoms with Gasteiger partial charge in [0.25, 0.3) is 5.91 Å². The van der Waals surface area contributed by atoms with E-state index in [0.29, 0.717) is 25.7 Å². The fraction of sp³-hybridized carbons (Fsp3) is 0.214. The number of hydrogen-bond acceptors (Lipinski definition) is 4. The lowest BCUT2D eigenvalue weighted by Gasteiger charge is -2.14. The number of amides is 1. The molecule has 21 heavy (non-hydrogen) atoms. The first-order chi connectivity index (χ1) is 10.0. The third kappa shape index (κ3) is 2.95. The summed E-state index contributed by atoms with van der Waals surface area (Å²) in [6.45, 7) is 2.11. The van der Waals surface area contributed by atoms with Crippen LogP contribution in [-0.2, 0) is 0 Å². The van der Waals surface area contributed by atoms with Crippen LogP contribution in [0.4, 0.5) is 0 Å². The topological polar surface area (TPSA) is 47.6 Å². The SMILES string of the molecule is CC(NC(=O)c1cc(Cl)sc1Cl)c1ccc2c(c1)OCO2. The Kier molecular flexibility index (Phi) is 3.97. The van der Waals surface area contributed by atoms with E-state index in [-0.39, 0.29) is 18.7 Å². The Labute approximate surface area is 135 Å². The average Bonchev–Trinajstić information content (AvgIpc) is 3.03. The number of rotatable bonds is 3. The quantitative estimate of drug-likeness (QED) is 0.904. The van der Waals surface area contributed by atoms with Crippen LogP contribution in [0.25, 0.3) is 0 Å². The molecule has 2 heterocycles. The normalized spacial score (nSPS) is 14.0. The van der Waals surface area contributed by atoms with Gasteiger partial charge in [-0.25, -0.2) is 0 Å². The molecule has 0 aliphatic carbocycles. The van der Waals surface area contributed by atoms with Gasteiger partial charge in [-0.3, -0.25) is 4.79 Å². The predicted octanol–water partition coefficient (Wildman–Crippen LogP) is 4.27. The molecule has 0 saturated carbocycles. The lowest BCUT2D eigenvalue weighted by Crippen LogP contribution is -2.26. The first-order valence-corrected chi connectivity index (χ1v) is 7.77. The molecule has 1 amide bonds. The average molecular weight is 344 g/mol. The van der Waals surface area contributed by atoms with Crippen molar-refractivity contribution < 1.29 is 14.3 Å². The number of ether oxygens (including phenoxy) is 2. The predicted molar refractivity (Wildman–Crippen MR) is 82.8 cm³/mol. The lowest BCUT2D eigenvalue weighted by molar-refractivity contribution is 0.0940. The lowest BCUT2D eigenvalue weighted by atomic mass is 10.1. The van der Waals surface area contributed by atoms with Crippen molar-refractivity contribution in [2.24, 2.45) is 0 Å². The van der Waals surface area contributed by atoms with Gasteiger partial charge in [0, 0.05) is 0 Å². The number of hydrogen-bond donors (Lipinski definition) is 1. The van der Waals surface area contributed by atoms with Crippen molar-refractivity contribution in [3.05, 3.63) is 44.1 Å². The van der Waals surface area contributed by atoms with E-state index in [0.717, 1.165) is 5.56 Å². The van der Waals surface area contributed by atoms with E-state index in [1.54, 1.807) is 6.07 Å². The van der Waals surface area contributed by atoms with Crippen LogP contribution < -0.4 is 14.8 Å². The van der Waals surface area contributed by atoms with Crippen molar-refractivity contribution in [2.45, 2.75) is 13.0 Å². The molecular weight excluding hydrogens is 333 g/mol. The molecule has 0 fully saturated rings. The van der Waals surface area contributed by atoms with Gasteiger partial charge in [-0.05, 0) is 30.7 Å². The first kappa shape index (κ1) is 14.5. The van der Waals surface area contributed by atoms with Gasteiger partial charge < -0.3 is 14.8 Å². The fourth-order valence-electron chi connectivity index (χ4n) is 2.04. The van der Waals surface area contributed by atoms with Crippen LogP contribution >= 0.6 is 34.5 Å². The summed E-state index contributed by atoms with van der Waals surface area (Å²) < 4.78 is 11.5. The molecule has 0 spiro atoms. The zero-order chi connectivity index (χ0) is 15.0. The zero-order valence-electron chi connectivity index (χ0n) is 11.0. The minimum absolute atomic E-state index is 0.193. The highest BCUT2D eigenvalue weighted by molar-refractivity contribution is 7.20. The highest BCUT2D eigenvalue weighted by atomic mass is 35.5. The Morgan fingerprint density at radius 2 is 2.05 bits per heavy atom. The molecule has 1 atom stereocenters. The Morgan fingerprint density at radius 1 is 1.29 bits per heavy atom.